The number of nitrogens with zero attached hydrogens (tertiary/aromatic N) is 1. The predicted molar refractivity (Wildman–Crippen MR) is 96.3 cm³/mol. The summed E-state index contributed by atoms with van der Waals surface area (Å²) in [4.78, 5) is 4.34. The van der Waals surface area contributed by atoms with Crippen LogP contribution in [0.4, 0.5) is 17.1 Å². The van der Waals surface area contributed by atoms with Crippen molar-refractivity contribution in [1.82, 2.24) is 4.98 Å². The summed E-state index contributed by atoms with van der Waals surface area (Å²) >= 11 is 13.1. The molecule has 0 aliphatic heterocycles. The van der Waals surface area contributed by atoms with Crippen LogP contribution >= 0.6 is 43.5 Å². The van der Waals surface area contributed by atoms with E-state index in [4.69, 9.17) is 17.3 Å². The minimum Gasteiger partial charge on any atom is -0.396 e. The number of benzene rings is 2. The molecule has 6 heteroatoms. The minimum absolute atomic E-state index is 0.566. The molecule has 0 spiro atoms. The number of nitrogen functional groups attached to an aromatic ring is 1. The SMILES string of the molecule is Nc1cnc2ccc(Br)cc2c1Nc1cc(Br)ccc1Cl. The van der Waals surface area contributed by atoms with Crippen LogP contribution in [0, 0.1) is 0 Å². The first kappa shape index (κ1) is 14.6. The minimum atomic E-state index is 0.566. The number of fused-ring (bicyclic) bond motifs is 1. The fraction of sp³-hybridized carbons (Fsp3) is 0. The molecule has 3 N–H and O–H groups in total. The van der Waals surface area contributed by atoms with Gasteiger partial charge in [-0.1, -0.05) is 43.5 Å². The number of halogens is 3. The molecule has 0 aliphatic carbocycles. The van der Waals surface area contributed by atoms with Crippen LogP contribution in [-0.4, -0.2) is 4.98 Å². The van der Waals surface area contributed by atoms with Crippen LogP contribution in [0.5, 0.6) is 0 Å². The summed E-state index contributed by atoms with van der Waals surface area (Å²) < 4.78 is 1.90. The molecule has 3 aromatic rings. The maximum atomic E-state index is 6.23. The average molecular weight is 428 g/mol. The van der Waals surface area contributed by atoms with E-state index in [0.717, 1.165) is 31.2 Å². The Labute approximate surface area is 143 Å². The molecule has 3 nitrogen and oxygen atoms in total. The molecule has 0 saturated heterocycles. The number of rotatable bonds is 2. The summed E-state index contributed by atoms with van der Waals surface area (Å²) in [6, 6.07) is 11.5. The monoisotopic (exact) mass is 425 g/mol. The standard InChI is InChI=1S/C15H10Br2ClN3/c16-8-2-4-13-10(5-8)15(12(19)7-20-13)21-14-6-9(17)1-3-11(14)18/h1-7H,19H2,(H,20,21). The predicted octanol–water partition coefficient (Wildman–Crippen LogP) is 5.74. The zero-order chi connectivity index (χ0) is 15.0. The van der Waals surface area contributed by atoms with Gasteiger partial charge in [0, 0.05) is 14.3 Å². The Hall–Kier alpha value is -1.30. The largest absolute Gasteiger partial charge is 0.396 e. The first-order valence-corrected chi connectivity index (χ1v) is 8.07. The van der Waals surface area contributed by atoms with E-state index >= 15 is 0 Å². The Kier molecular flexibility index (Phi) is 4.06. The van der Waals surface area contributed by atoms with E-state index in [2.05, 4.69) is 42.2 Å². The molecular formula is C15H10Br2ClN3. The van der Waals surface area contributed by atoms with Crippen LogP contribution in [0.25, 0.3) is 10.9 Å². The lowest BCUT2D eigenvalue weighted by Gasteiger charge is -2.14. The summed E-state index contributed by atoms with van der Waals surface area (Å²) in [5, 5.41) is 4.86. The molecule has 0 bridgehead atoms. The summed E-state index contributed by atoms with van der Waals surface area (Å²) in [6.07, 6.45) is 1.64. The van der Waals surface area contributed by atoms with Crippen molar-refractivity contribution in [1.29, 1.82) is 0 Å². The van der Waals surface area contributed by atoms with E-state index in [1.807, 2.05) is 36.4 Å². The number of aromatic nitrogens is 1. The first-order chi connectivity index (χ1) is 10.0. The first-order valence-electron chi connectivity index (χ1n) is 6.10. The van der Waals surface area contributed by atoms with Crippen molar-refractivity contribution in [2.24, 2.45) is 0 Å². The van der Waals surface area contributed by atoms with Crippen molar-refractivity contribution < 1.29 is 0 Å². The van der Waals surface area contributed by atoms with E-state index in [1.165, 1.54) is 0 Å². The summed E-state index contributed by atoms with van der Waals surface area (Å²) in [7, 11) is 0. The van der Waals surface area contributed by atoms with Crippen LogP contribution in [0.3, 0.4) is 0 Å². The van der Waals surface area contributed by atoms with Gasteiger partial charge < -0.3 is 11.1 Å². The van der Waals surface area contributed by atoms with Crippen molar-refractivity contribution in [2.45, 2.75) is 0 Å². The summed E-state index contributed by atoms with van der Waals surface area (Å²) in [6.45, 7) is 0. The number of pyridine rings is 1. The Morgan fingerprint density at radius 3 is 2.57 bits per heavy atom. The van der Waals surface area contributed by atoms with Gasteiger partial charge in [0.2, 0.25) is 0 Å². The van der Waals surface area contributed by atoms with Gasteiger partial charge in [0.25, 0.3) is 0 Å². The lowest BCUT2D eigenvalue weighted by atomic mass is 10.1. The zero-order valence-electron chi connectivity index (χ0n) is 10.7. The molecule has 0 amide bonds. The maximum Gasteiger partial charge on any atom is 0.0746 e. The van der Waals surface area contributed by atoms with Gasteiger partial charge >= 0.3 is 0 Å². The fourth-order valence-corrected chi connectivity index (χ4v) is 2.93. The van der Waals surface area contributed by atoms with Crippen molar-refractivity contribution in [3.63, 3.8) is 0 Å². The van der Waals surface area contributed by atoms with Gasteiger partial charge in [0.1, 0.15) is 0 Å². The van der Waals surface area contributed by atoms with Gasteiger partial charge in [0.15, 0.2) is 0 Å². The van der Waals surface area contributed by atoms with Crippen molar-refractivity contribution in [3.8, 4) is 0 Å². The molecular weight excluding hydrogens is 417 g/mol. The van der Waals surface area contributed by atoms with Crippen molar-refractivity contribution in [2.75, 3.05) is 11.1 Å². The van der Waals surface area contributed by atoms with E-state index in [-0.39, 0.29) is 0 Å². The Morgan fingerprint density at radius 1 is 1.05 bits per heavy atom. The second kappa shape index (κ2) is 5.83. The highest BCUT2D eigenvalue weighted by Crippen LogP contribution is 2.35. The Morgan fingerprint density at radius 2 is 1.76 bits per heavy atom. The van der Waals surface area contributed by atoms with Crippen molar-refractivity contribution in [3.05, 3.63) is 56.6 Å². The van der Waals surface area contributed by atoms with E-state index in [0.29, 0.717) is 10.7 Å². The van der Waals surface area contributed by atoms with Crippen molar-refractivity contribution >= 4 is 71.4 Å². The van der Waals surface area contributed by atoms with Crippen LogP contribution in [-0.2, 0) is 0 Å². The second-order valence-corrected chi connectivity index (χ2v) is 6.74. The summed E-state index contributed by atoms with van der Waals surface area (Å²) in [5.41, 5.74) is 9.08. The van der Waals surface area contributed by atoms with Crippen LogP contribution in [0.2, 0.25) is 5.02 Å². The lowest BCUT2D eigenvalue weighted by Crippen LogP contribution is -1.99. The summed E-state index contributed by atoms with van der Waals surface area (Å²) in [5.74, 6) is 0. The molecule has 106 valence electrons. The number of hydrogen-bond acceptors (Lipinski definition) is 3. The average Bonchev–Trinajstić information content (AvgIpc) is 2.46. The fourth-order valence-electron chi connectivity index (χ4n) is 2.05. The van der Waals surface area contributed by atoms with Gasteiger partial charge in [-0.3, -0.25) is 4.98 Å². The topological polar surface area (TPSA) is 50.9 Å². The van der Waals surface area contributed by atoms with Crippen LogP contribution < -0.4 is 11.1 Å². The molecule has 0 saturated carbocycles. The van der Waals surface area contributed by atoms with Gasteiger partial charge in [-0.25, -0.2) is 0 Å². The van der Waals surface area contributed by atoms with E-state index in [9.17, 15) is 0 Å². The highest BCUT2D eigenvalue weighted by atomic mass is 79.9. The normalized spacial score (nSPS) is 10.8. The number of anilines is 3. The number of hydrogen-bond donors (Lipinski definition) is 2. The third-order valence-corrected chi connectivity index (χ3v) is 4.36. The molecule has 0 unspecified atom stereocenters. The van der Waals surface area contributed by atoms with Gasteiger partial charge in [-0.2, -0.15) is 0 Å². The molecule has 0 atom stereocenters. The molecule has 0 fully saturated rings. The lowest BCUT2D eigenvalue weighted by molar-refractivity contribution is 1.40. The van der Waals surface area contributed by atoms with Gasteiger partial charge in [0.05, 0.1) is 33.8 Å². The molecule has 21 heavy (non-hydrogen) atoms. The Balaban J connectivity index is 2.17. The van der Waals surface area contributed by atoms with Crippen LogP contribution in [0.1, 0.15) is 0 Å². The van der Waals surface area contributed by atoms with E-state index in [1.54, 1.807) is 6.20 Å². The second-order valence-electron chi connectivity index (χ2n) is 4.50. The van der Waals surface area contributed by atoms with Crippen LogP contribution in [0.15, 0.2) is 51.5 Å². The smallest absolute Gasteiger partial charge is 0.0746 e. The van der Waals surface area contributed by atoms with E-state index < -0.39 is 0 Å². The quantitative estimate of drug-likeness (QED) is 0.548. The molecule has 3 rings (SSSR count). The van der Waals surface area contributed by atoms with Gasteiger partial charge in [-0.05, 0) is 36.4 Å². The highest BCUT2D eigenvalue weighted by Gasteiger charge is 2.10. The third kappa shape index (κ3) is 3.00. The third-order valence-electron chi connectivity index (χ3n) is 3.05. The maximum absolute atomic E-state index is 6.23. The molecule has 2 aromatic carbocycles. The zero-order valence-corrected chi connectivity index (χ0v) is 14.6. The molecule has 1 heterocycles. The highest BCUT2D eigenvalue weighted by molar-refractivity contribution is 9.10. The number of nitrogens with one attached hydrogen (secondary N) is 1. The molecule has 0 radical (unpaired) electrons. The molecule has 1 aromatic heterocycles. The van der Waals surface area contributed by atoms with Gasteiger partial charge in [-0.15, -0.1) is 0 Å². The molecule has 0 aliphatic rings. The number of nitrogens with two attached hydrogens (primary N) is 1. The Bertz CT molecular complexity index is 831.